The van der Waals surface area contributed by atoms with E-state index in [2.05, 4.69) is 15.6 Å². The second-order valence-electron chi connectivity index (χ2n) is 5.84. The summed E-state index contributed by atoms with van der Waals surface area (Å²) in [5.74, 6) is -0.526. The highest BCUT2D eigenvalue weighted by Gasteiger charge is 2.12. The van der Waals surface area contributed by atoms with E-state index in [1.165, 1.54) is 23.5 Å². The van der Waals surface area contributed by atoms with Crippen LogP contribution in [-0.2, 0) is 14.6 Å². The SMILES string of the molecule is CS(=O)(=O)c1ccc2nc(NC(=O)CCNC(=O)c3ccccc3)sc2c1. The van der Waals surface area contributed by atoms with Crippen LogP contribution in [0.4, 0.5) is 5.13 Å². The minimum atomic E-state index is -3.30. The maximum Gasteiger partial charge on any atom is 0.251 e. The molecule has 140 valence electrons. The fraction of sp³-hybridized carbons (Fsp3) is 0.167. The number of carbonyl (C=O) groups is 2. The lowest BCUT2D eigenvalue weighted by Crippen LogP contribution is -2.27. The Balaban J connectivity index is 1.57. The highest BCUT2D eigenvalue weighted by Crippen LogP contribution is 2.28. The van der Waals surface area contributed by atoms with E-state index in [4.69, 9.17) is 0 Å². The monoisotopic (exact) mass is 403 g/mol. The topological polar surface area (TPSA) is 105 Å². The van der Waals surface area contributed by atoms with Gasteiger partial charge in [0.25, 0.3) is 5.91 Å². The molecule has 0 spiro atoms. The first kappa shape index (κ1) is 19.0. The molecular formula is C18H17N3O4S2. The lowest BCUT2D eigenvalue weighted by Gasteiger charge is -2.05. The maximum absolute atomic E-state index is 12.0. The molecule has 0 saturated carbocycles. The van der Waals surface area contributed by atoms with E-state index in [1.807, 2.05) is 6.07 Å². The molecule has 7 nitrogen and oxygen atoms in total. The first-order valence-corrected chi connectivity index (χ1v) is 10.8. The van der Waals surface area contributed by atoms with Gasteiger partial charge in [-0.3, -0.25) is 9.59 Å². The van der Waals surface area contributed by atoms with Crippen LogP contribution in [0.15, 0.2) is 53.4 Å². The third-order valence-corrected chi connectivity index (χ3v) is 5.75. The standard InChI is InChI=1S/C18H17N3O4S2/c1-27(24,25)13-7-8-14-15(11-13)26-18(20-14)21-16(22)9-10-19-17(23)12-5-3-2-4-6-12/h2-8,11H,9-10H2,1H3,(H,19,23)(H,20,21,22). The van der Waals surface area contributed by atoms with Crippen molar-refractivity contribution < 1.29 is 18.0 Å². The lowest BCUT2D eigenvalue weighted by atomic mass is 10.2. The fourth-order valence-corrected chi connectivity index (χ4v) is 4.00. The molecule has 0 aliphatic rings. The van der Waals surface area contributed by atoms with Crippen LogP contribution in [0, 0.1) is 0 Å². The molecule has 1 heterocycles. The summed E-state index contributed by atoms with van der Waals surface area (Å²) in [6, 6.07) is 13.4. The molecule has 0 atom stereocenters. The summed E-state index contributed by atoms with van der Waals surface area (Å²) in [5, 5.41) is 5.74. The number of amides is 2. The summed E-state index contributed by atoms with van der Waals surface area (Å²) in [4.78, 5) is 28.4. The Bertz CT molecular complexity index is 1090. The molecule has 2 N–H and O–H groups in total. The molecule has 27 heavy (non-hydrogen) atoms. The minimum absolute atomic E-state index is 0.100. The molecule has 0 unspecified atom stereocenters. The normalized spacial score (nSPS) is 11.3. The molecule has 0 aliphatic carbocycles. The second-order valence-corrected chi connectivity index (χ2v) is 8.89. The molecule has 3 aromatic rings. The molecule has 2 amide bonds. The molecule has 0 saturated heterocycles. The summed E-state index contributed by atoms with van der Waals surface area (Å²) < 4.78 is 23.9. The van der Waals surface area contributed by atoms with Gasteiger partial charge in [-0.15, -0.1) is 0 Å². The molecule has 0 aliphatic heterocycles. The number of hydrogen-bond donors (Lipinski definition) is 2. The van der Waals surface area contributed by atoms with Crippen LogP contribution in [0.2, 0.25) is 0 Å². The van der Waals surface area contributed by atoms with Crippen LogP contribution in [0.25, 0.3) is 10.2 Å². The first-order chi connectivity index (χ1) is 12.8. The molecule has 0 radical (unpaired) electrons. The van der Waals surface area contributed by atoms with E-state index < -0.39 is 9.84 Å². The zero-order chi connectivity index (χ0) is 19.4. The van der Waals surface area contributed by atoms with Crippen LogP contribution in [0.1, 0.15) is 16.8 Å². The Morgan fingerprint density at radius 2 is 1.85 bits per heavy atom. The summed E-state index contributed by atoms with van der Waals surface area (Å²) in [7, 11) is -3.30. The van der Waals surface area contributed by atoms with Gasteiger partial charge in [0.05, 0.1) is 15.1 Å². The number of nitrogens with one attached hydrogen (secondary N) is 2. The van der Waals surface area contributed by atoms with Crippen LogP contribution >= 0.6 is 11.3 Å². The van der Waals surface area contributed by atoms with Crippen molar-refractivity contribution in [3.8, 4) is 0 Å². The van der Waals surface area contributed by atoms with Gasteiger partial charge >= 0.3 is 0 Å². The number of rotatable bonds is 6. The summed E-state index contributed by atoms with van der Waals surface area (Å²) >= 11 is 1.20. The van der Waals surface area contributed by atoms with Crippen LogP contribution in [0.3, 0.4) is 0 Å². The van der Waals surface area contributed by atoms with Crippen LogP contribution < -0.4 is 10.6 Å². The molecule has 9 heteroatoms. The maximum atomic E-state index is 12.0. The largest absolute Gasteiger partial charge is 0.352 e. The smallest absolute Gasteiger partial charge is 0.251 e. The fourth-order valence-electron chi connectivity index (χ4n) is 2.35. The molecule has 2 aromatic carbocycles. The van der Waals surface area contributed by atoms with Gasteiger partial charge in [0.15, 0.2) is 15.0 Å². The van der Waals surface area contributed by atoms with Crippen molar-refractivity contribution in [3.63, 3.8) is 0 Å². The average Bonchev–Trinajstić information content (AvgIpc) is 3.02. The van der Waals surface area contributed by atoms with Gasteiger partial charge in [0.2, 0.25) is 5.91 Å². The Hall–Kier alpha value is -2.78. The molecule has 3 rings (SSSR count). The van der Waals surface area contributed by atoms with Gasteiger partial charge in [0.1, 0.15) is 0 Å². The predicted molar refractivity (Wildman–Crippen MR) is 105 cm³/mol. The summed E-state index contributed by atoms with van der Waals surface area (Å²) in [6.07, 6.45) is 1.24. The number of nitrogens with zero attached hydrogens (tertiary/aromatic N) is 1. The zero-order valence-electron chi connectivity index (χ0n) is 14.4. The Kier molecular flexibility index (Phi) is 5.52. The van der Waals surface area contributed by atoms with Crippen molar-refractivity contribution in [3.05, 3.63) is 54.1 Å². The van der Waals surface area contributed by atoms with Crippen molar-refractivity contribution in [1.29, 1.82) is 0 Å². The Morgan fingerprint density at radius 3 is 2.56 bits per heavy atom. The van der Waals surface area contributed by atoms with E-state index in [0.717, 1.165) is 6.26 Å². The average molecular weight is 403 g/mol. The lowest BCUT2D eigenvalue weighted by molar-refractivity contribution is -0.116. The zero-order valence-corrected chi connectivity index (χ0v) is 16.1. The summed E-state index contributed by atoms with van der Waals surface area (Å²) in [6.45, 7) is 0.197. The number of sulfone groups is 1. The van der Waals surface area contributed by atoms with Crippen molar-refractivity contribution in [2.24, 2.45) is 0 Å². The number of fused-ring (bicyclic) bond motifs is 1. The van der Waals surface area contributed by atoms with E-state index in [1.54, 1.807) is 30.3 Å². The summed E-state index contributed by atoms with van der Waals surface area (Å²) in [5.41, 5.74) is 1.14. The van der Waals surface area contributed by atoms with Crippen molar-refractivity contribution in [1.82, 2.24) is 10.3 Å². The van der Waals surface area contributed by atoms with Crippen LogP contribution in [-0.4, -0.2) is 38.0 Å². The third kappa shape index (κ3) is 4.89. The number of thiazole rings is 1. The quantitative estimate of drug-likeness (QED) is 0.658. The molecule has 1 aromatic heterocycles. The number of anilines is 1. The van der Waals surface area contributed by atoms with Gasteiger partial charge in [-0.1, -0.05) is 29.5 Å². The van der Waals surface area contributed by atoms with E-state index >= 15 is 0 Å². The second kappa shape index (κ2) is 7.85. The van der Waals surface area contributed by atoms with E-state index in [0.29, 0.717) is 20.9 Å². The Morgan fingerprint density at radius 1 is 1.11 bits per heavy atom. The van der Waals surface area contributed by atoms with Crippen molar-refractivity contribution in [2.45, 2.75) is 11.3 Å². The third-order valence-electron chi connectivity index (χ3n) is 3.71. The number of hydrogen-bond acceptors (Lipinski definition) is 6. The van der Waals surface area contributed by atoms with Gasteiger partial charge < -0.3 is 10.6 Å². The number of carbonyl (C=O) groups excluding carboxylic acids is 2. The number of aromatic nitrogens is 1. The van der Waals surface area contributed by atoms with Gasteiger partial charge in [-0.25, -0.2) is 13.4 Å². The van der Waals surface area contributed by atoms with E-state index in [9.17, 15) is 18.0 Å². The van der Waals surface area contributed by atoms with Gasteiger partial charge in [-0.05, 0) is 30.3 Å². The molecule has 0 bridgehead atoms. The predicted octanol–water partition coefficient (Wildman–Crippen LogP) is 2.46. The molecular weight excluding hydrogens is 386 g/mol. The first-order valence-electron chi connectivity index (χ1n) is 8.07. The minimum Gasteiger partial charge on any atom is -0.352 e. The van der Waals surface area contributed by atoms with Crippen LogP contribution in [0.5, 0.6) is 0 Å². The van der Waals surface area contributed by atoms with Gasteiger partial charge in [0, 0.05) is 24.8 Å². The van der Waals surface area contributed by atoms with Crippen molar-refractivity contribution >= 4 is 48.3 Å². The van der Waals surface area contributed by atoms with Gasteiger partial charge in [-0.2, -0.15) is 0 Å². The van der Waals surface area contributed by atoms with E-state index in [-0.39, 0.29) is 29.7 Å². The Labute approximate surface area is 160 Å². The highest BCUT2D eigenvalue weighted by molar-refractivity contribution is 7.90. The highest BCUT2D eigenvalue weighted by atomic mass is 32.2. The van der Waals surface area contributed by atoms with Crippen molar-refractivity contribution in [2.75, 3.05) is 18.1 Å². The number of benzene rings is 2. The molecule has 0 fully saturated rings.